The summed E-state index contributed by atoms with van der Waals surface area (Å²) in [5.74, 6) is -0.216. The zero-order chi connectivity index (χ0) is 15.9. The van der Waals surface area contributed by atoms with Gasteiger partial charge in [0.05, 0.1) is 9.85 Å². The van der Waals surface area contributed by atoms with E-state index in [9.17, 15) is 25.0 Å². The minimum absolute atomic E-state index is 0.216. The molecule has 2 N–H and O–H groups in total. The summed E-state index contributed by atoms with van der Waals surface area (Å²) < 4.78 is 0. The minimum atomic E-state index is -0.971. The molecule has 0 amide bonds. The van der Waals surface area contributed by atoms with E-state index in [0.29, 0.717) is 0 Å². The van der Waals surface area contributed by atoms with Gasteiger partial charge in [0.2, 0.25) is 0 Å². The highest BCUT2D eigenvalue weighted by molar-refractivity contribution is 6.43. The molecule has 0 saturated carbocycles. The fourth-order valence-corrected chi connectivity index (χ4v) is 2.38. The normalized spacial score (nSPS) is 10.6. The number of aromatic nitrogens is 2. The summed E-state index contributed by atoms with van der Waals surface area (Å²) >= 11 is 11.5. The maximum absolute atomic E-state index is 11.7. The number of anilines is 1. The predicted molar refractivity (Wildman–Crippen MR) is 75.2 cm³/mol. The van der Waals surface area contributed by atoms with Crippen LogP contribution in [0.3, 0.4) is 0 Å². The summed E-state index contributed by atoms with van der Waals surface area (Å²) in [6.45, 7) is 0. The predicted octanol–water partition coefficient (Wildman–Crippen LogP) is 2.09. The zero-order valence-corrected chi connectivity index (χ0v) is 11.7. The lowest BCUT2D eigenvalue weighted by atomic mass is 10.2. The fourth-order valence-electron chi connectivity index (χ4n) is 1.71. The summed E-state index contributed by atoms with van der Waals surface area (Å²) in [5, 5.41) is 23.2. The van der Waals surface area contributed by atoms with Gasteiger partial charge in [-0.15, -0.1) is 0 Å². The monoisotopic (exact) mass is 333 g/mol. The van der Waals surface area contributed by atoms with E-state index in [1.807, 2.05) is 0 Å². The van der Waals surface area contributed by atoms with Crippen molar-refractivity contribution in [3.63, 3.8) is 0 Å². The average Bonchev–Trinajstić information content (AvgIpc) is 2.38. The smallest absolute Gasteiger partial charge is 0.322 e. The molecule has 0 spiro atoms. The molecular formula is C9H5Cl2N5O5. The van der Waals surface area contributed by atoms with Crippen LogP contribution in [0.25, 0.3) is 11.0 Å². The molecule has 0 bridgehead atoms. The summed E-state index contributed by atoms with van der Waals surface area (Å²) in [6.07, 6.45) is 0. The van der Waals surface area contributed by atoms with E-state index >= 15 is 0 Å². The van der Waals surface area contributed by atoms with Gasteiger partial charge in [-0.05, 0) is 0 Å². The molecule has 1 aromatic heterocycles. The molecule has 21 heavy (non-hydrogen) atoms. The van der Waals surface area contributed by atoms with Gasteiger partial charge in [0.25, 0.3) is 5.56 Å². The number of hydrogen-bond donors (Lipinski definition) is 2. The van der Waals surface area contributed by atoms with Gasteiger partial charge in [-0.3, -0.25) is 25.0 Å². The first-order valence-corrected chi connectivity index (χ1v) is 5.96. The van der Waals surface area contributed by atoms with Crippen LogP contribution in [-0.4, -0.2) is 26.9 Å². The maximum atomic E-state index is 11.7. The van der Waals surface area contributed by atoms with Gasteiger partial charge in [-0.1, -0.05) is 23.2 Å². The molecule has 0 radical (unpaired) electrons. The van der Waals surface area contributed by atoms with E-state index in [1.165, 1.54) is 7.05 Å². The van der Waals surface area contributed by atoms with Crippen molar-refractivity contribution < 1.29 is 9.85 Å². The first kappa shape index (κ1) is 14.9. The van der Waals surface area contributed by atoms with Crippen molar-refractivity contribution >= 4 is 51.4 Å². The highest BCUT2D eigenvalue weighted by atomic mass is 35.5. The number of halogens is 2. The quantitative estimate of drug-likeness (QED) is 0.646. The number of benzene rings is 1. The number of aromatic amines is 1. The Labute approximate surface area is 125 Å². The van der Waals surface area contributed by atoms with Crippen molar-refractivity contribution in [2.75, 3.05) is 12.4 Å². The van der Waals surface area contributed by atoms with Crippen LogP contribution in [-0.2, 0) is 0 Å². The Morgan fingerprint density at radius 2 is 1.71 bits per heavy atom. The van der Waals surface area contributed by atoms with E-state index < -0.39 is 36.8 Å². The second-order valence-corrected chi connectivity index (χ2v) is 4.48. The molecular weight excluding hydrogens is 329 g/mol. The van der Waals surface area contributed by atoms with Crippen molar-refractivity contribution in [2.24, 2.45) is 0 Å². The number of nitro benzene ring substituents is 2. The van der Waals surface area contributed by atoms with Gasteiger partial charge in [0.15, 0.2) is 16.4 Å². The molecule has 2 rings (SSSR count). The first-order chi connectivity index (χ1) is 9.79. The topological polar surface area (TPSA) is 144 Å². The molecule has 0 aliphatic heterocycles. The Balaban J connectivity index is 3.12. The molecule has 1 aromatic carbocycles. The van der Waals surface area contributed by atoms with Crippen molar-refractivity contribution in [2.45, 2.75) is 0 Å². The van der Waals surface area contributed by atoms with Gasteiger partial charge >= 0.3 is 11.4 Å². The summed E-state index contributed by atoms with van der Waals surface area (Å²) in [7, 11) is 1.38. The van der Waals surface area contributed by atoms with Crippen LogP contribution in [0.2, 0.25) is 10.0 Å². The molecule has 0 saturated heterocycles. The first-order valence-electron chi connectivity index (χ1n) is 5.21. The third-order valence-corrected chi connectivity index (χ3v) is 3.31. The lowest BCUT2D eigenvalue weighted by Crippen LogP contribution is -2.15. The lowest BCUT2D eigenvalue weighted by Gasteiger charge is -2.06. The van der Waals surface area contributed by atoms with Crippen molar-refractivity contribution in [3.8, 4) is 0 Å². The Morgan fingerprint density at radius 1 is 1.14 bits per heavy atom. The minimum Gasteiger partial charge on any atom is -0.369 e. The van der Waals surface area contributed by atoms with Crippen molar-refractivity contribution in [1.29, 1.82) is 0 Å². The second kappa shape index (κ2) is 5.14. The maximum Gasteiger partial charge on any atom is 0.322 e. The van der Waals surface area contributed by atoms with Crippen molar-refractivity contribution in [3.05, 3.63) is 40.6 Å². The van der Waals surface area contributed by atoms with E-state index in [-0.39, 0.29) is 16.9 Å². The number of nitrogens with one attached hydrogen (secondary N) is 2. The highest BCUT2D eigenvalue weighted by Gasteiger charge is 2.33. The molecule has 2 aromatic rings. The summed E-state index contributed by atoms with van der Waals surface area (Å²) in [4.78, 5) is 37.8. The third-order valence-electron chi connectivity index (χ3n) is 2.58. The molecule has 0 atom stereocenters. The Kier molecular flexibility index (Phi) is 3.66. The Bertz CT molecular complexity index is 849. The number of hydrogen-bond acceptors (Lipinski definition) is 7. The largest absolute Gasteiger partial charge is 0.369 e. The number of H-pyrrole nitrogens is 1. The zero-order valence-electron chi connectivity index (χ0n) is 10.1. The molecule has 10 nitrogen and oxygen atoms in total. The van der Waals surface area contributed by atoms with Gasteiger partial charge in [0, 0.05) is 7.05 Å². The second-order valence-electron chi connectivity index (χ2n) is 3.73. The van der Waals surface area contributed by atoms with Crippen LogP contribution in [0.5, 0.6) is 0 Å². The van der Waals surface area contributed by atoms with Crippen LogP contribution in [0.15, 0.2) is 4.79 Å². The van der Waals surface area contributed by atoms with E-state index in [1.54, 1.807) is 0 Å². The van der Waals surface area contributed by atoms with E-state index in [2.05, 4.69) is 15.3 Å². The average molecular weight is 334 g/mol. The fraction of sp³-hybridized carbons (Fsp3) is 0.111. The Hall–Kier alpha value is -2.46. The standard InChI is InChI=1S/C9H5Cl2N5O5/c1-12-8-9(17)14-4-2(10)6(15(18)19)3(11)7(16(20)21)5(4)13-8/h1H3,(H,12,13)(H,14,17). The molecule has 12 heteroatoms. The highest BCUT2D eigenvalue weighted by Crippen LogP contribution is 2.44. The molecule has 110 valence electrons. The Morgan fingerprint density at radius 3 is 2.19 bits per heavy atom. The lowest BCUT2D eigenvalue weighted by molar-refractivity contribution is -0.392. The van der Waals surface area contributed by atoms with Gasteiger partial charge < -0.3 is 10.3 Å². The number of nitrogens with zero attached hydrogens (tertiary/aromatic N) is 3. The van der Waals surface area contributed by atoms with Crippen LogP contribution in [0.1, 0.15) is 0 Å². The SMILES string of the molecule is CNc1nc2c([N+](=O)[O-])c(Cl)c([N+](=O)[O-])c(Cl)c2[nH]c1=O. The number of rotatable bonds is 3. The molecule has 0 aliphatic carbocycles. The van der Waals surface area contributed by atoms with Gasteiger partial charge in [0.1, 0.15) is 10.5 Å². The van der Waals surface area contributed by atoms with Crippen LogP contribution in [0.4, 0.5) is 17.2 Å². The van der Waals surface area contributed by atoms with Gasteiger partial charge in [-0.25, -0.2) is 4.98 Å². The van der Waals surface area contributed by atoms with Crippen LogP contribution < -0.4 is 10.9 Å². The van der Waals surface area contributed by atoms with Crippen LogP contribution >= 0.6 is 23.2 Å². The number of fused-ring (bicyclic) bond motifs is 1. The third kappa shape index (κ3) is 2.23. The van der Waals surface area contributed by atoms with Gasteiger partial charge in [-0.2, -0.15) is 0 Å². The molecule has 1 heterocycles. The molecule has 0 aliphatic rings. The van der Waals surface area contributed by atoms with Crippen LogP contribution in [0, 0.1) is 20.2 Å². The summed E-state index contributed by atoms with van der Waals surface area (Å²) in [6, 6.07) is 0. The number of nitro groups is 2. The molecule has 0 fully saturated rings. The summed E-state index contributed by atoms with van der Waals surface area (Å²) in [5.41, 5.74) is -3.10. The van der Waals surface area contributed by atoms with E-state index in [0.717, 1.165) is 0 Å². The van der Waals surface area contributed by atoms with Crippen molar-refractivity contribution in [1.82, 2.24) is 9.97 Å². The van der Waals surface area contributed by atoms with E-state index in [4.69, 9.17) is 23.2 Å². The molecule has 0 unspecified atom stereocenters.